The number of carbonyl (C=O) groups excluding carboxylic acids is 1. The third-order valence-corrected chi connectivity index (χ3v) is 4.46. The topological polar surface area (TPSA) is 56.8 Å². The molecule has 0 aromatic heterocycles. The minimum atomic E-state index is -0.221. The Morgan fingerprint density at radius 3 is 2.17 bits per heavy atom. The Balaban J connectivity index is 1.74. The largest absolute Gasteiger partial charge is 0.493 e. The average Bonchev–Trinajstić information content (AvgIpc) is 2.78. The van der Waals surface area contributed by atoms with Crippen LogP contribution in [0.25, 0.3) is 6.08 Å². The number of nitrogens with one attached hydrogen (secondary N) is 1. The lowest BCUT2D eigenvalue weighted by Crippen LogP contribution is -2.07. The highest BCUT2D eigenvalue weighted by Crippen LogP contribution is 2.39. The highest BCUT2D eigenvalue weighted by Gasteiger charge is 2.14. The number of aryl methyl sites for hydroxylation is 1. The van der Waals surface area contributed by atoms with Gasteiger partial charge in [0.2, 0.25) is 11.7 Å². The zero-order valence-electron chi connectivity index (χ0n) is 17.3. The minimum Gasteiger partial charge on any atom is -0.493 e. The van der Waals surface area contributed by atoms with Crippen molar-refractivity contribution in [2.24, 2.45) is 0 Å². The number of methoxy groups -OCH3 is 2. The molecule has 0 saturated heterocycles. The molecule has 3 rings (SSSR count). The van der Waals surface area contributed by atoms with Gasteiger partial charge in [0.15, 0.2) is 11.5 Å². The Morgan fingerprint density at radius 2 is 1.57 bits per heavy atom. The Kier molecular flexibility index (Phi) is 7.11. The molecule has 0 heterocycles. The van der Waals surface area contributed by atoms with E-state index in [2.05, 4.69) is 5.32 Å². The molecule has 1 N–H and O–H groups in total. The molecule has 0 fully saturated rings. The normalized spacial score (nSPS) is 10.6. The second-order valence-corrected chi connectivity index (χ2v) is 6.72. The molecule has 5 nitrogen and oxygen atoms in total. The SMILES string of the molecule is COc1cc(/C=C/C(=O)Nc2ccc(C)cc2)cc(OC)c1OCc1ccccc1. The van der Waals surface area contributed by atoms with Crippen LogP contribution in [0.5, 0.6) is 17.2 Å². The summed E-state index contributed by atoms with van der Waals surface area (Å²) >= 11 is 0. The van der Waals surface area contributed by atoms with Gasteiger partial charge in [-0.15, -0.1) is 0 Å². The summed E-state index contributed by atoms with van der Waals surface area (Å²) in [5.41, 5.74) is 3.68. The molecule has 0 aliphatic carbocycles. The molecule has 0 spiro atoms. The van der Waals surface area contributed by atoms with E-state index in [4.69, 9.17) is 14.2 Å². The molecule has 3 aromatic carbocycles. The van der Waals surface area contributed by atoms with Crippen molar-refractivity contribution in [1.29, 1.82) is 0 Å². The fraction of sp³-hybridized carbons (Fsp3) is 0.160. The van der Waals surface area contributed by atoms with E-state index in [0.717, 1.165) is 22.4 Å². The standard InChI is InChI=1S/C25H25NO4/c1-18-9-12-21(13-10-18)26-24(27)14-11-20-15-22(28-2)25(23(16-20)29-3)30-17-19-7-5-4-6-8-19/h4-16H,17H2,1-3H3,(H,26,27)/b14-11+. The van der Waals surface area contributed by atoms with Crippen LogP contribution < -0.4 is 19.5 Å². The summed E-state index contributed by atoms with van der Waals surface area (Å²) in [5.74, 6) is 1.36. The molecule has 3 aromatic rings. The Bertz CT molecular complexity index is 986. The quantitative estimate of drug-likeness (QED) is 0.523. The van der Waals surface area contributed by atoms with Crippen LogP contribution in [0.3, 0.4) is 0 Å². The van der Waals surface area contributed by atoms with E-state index < -0.39 is 0 Å². The van der Waals surface area contributed by atoms with Gasteiger partial charge in [0.1, 0.15) is 6.61 Å². The van der Waals surface area contributed by atoms with Crippen molar-refractivity contribution in [3.63, 3.8) is 0 Å². The zero-order chi connectivity index (χ0) is 21.3. The van der Waals surface area contributed by atoms with E-state index in [0.29, 0.717) is 23.9 Å². The van der Waals surface area contributed by atoms with Crippen molar-refractivity contribution in [3.05, 3.63) is 89.5 Å². The summed E-state index contributed by atoms with van der Waals surface area (Å²) < 4.78 is 16.9. The molecule has 0 aliphatic rings. The molecular formula is C25H25NO4. The van der Waals surface area contributed by atoms with Crippen LogP contribution in [0.2, 0.25) is 0 Å². The lowest BCUT2D eigenvalue weighted by Gasteiger charge is -2.15. The maximum absolute atomic E-state index is 12.2. The molecular weight excluding hydrogens is 378 g/mol. The lowest BCUT2D eigenvalue weighted by molar-refractivity contribution is -0.111. The van der Waals surface area contributed by atoms with E-state index in [1.807, 2.05) is 61.5 Å². The Labute approximate surface area is 176 Å². The number of ether oxygens (including phenoxy) is 3. The highest BCUT2D eigenvalue weighted by molar-refractivity contribution is 6.02. The predicted molar refractivity (Wildman–Crippen MR) is 119 cm³/mol. The molecule has 5 heteroatoms. The van der Waals surface area contributed by atoms with E-state index >= 15 is 0 Å². The third kappa shape index (κ3) is 5.64. The van der Waals surface area contributed by atoms with Gasteiger partial charge in [0, 0.05) is 11.8 Å². The summed E-state index contributed by atoms with van der Waals surface area (Å²) in [7, 11) is 3.14. The van der Waals surface area contributed by atoms with Gasteiger partial charge in [-0.2, -0.15) is 0 Å². The van der Waals surface area contributed by atoms with Crippen LogP contribution in [-0.2, 0) is 11.4 Å². The Hall–Kier alpha value is -3.73. The predicted octanol–water partition coefficient (Wildman–Crippen LogP) is 5.24. The summed E-state index contributed by atoms with van der Waals surface area (Å²) in [5, 5.41) is 2.83. The third-order valence-electron chi connectivity index (χ3n) is 4.46. The van der Waals surface area contributed by atoms with Crippen LogP contribution in [0.1, 0.15) is 16.7 Å². The number of rotatable bonds is 8. The summed E-state index contributed by atoms with van der Waals surface area (Å²) in [6, 6.07) is 21.1. The first-order chi connectivity index (χ1) is 14.6. The molecule has 0 saturated carbocycles. The van der Waals surface area contributed by atoms with Gasteiger partial charge in [-0.1, -0.05) is 48.0 Å². The van der Waals surface area contributed by atoms with Gasteiger partial charge in [-0.3, -0.25) is 4.79 Å². The number of amides is 1. The van der Waals surface area contributed by atoms with Crippen LogP contribution in [-0.4, -0.2) is 20.1 Å². The first kappa shape index (κ1) is 21.0. The maximum Gasteiger partial charge on any atom is 0.248 e. The van der Waals surface area contributed by atoms with Gasteiger partial charge >= 0.3 is 0 Å². The zero-order valence-corrected chi connectivity index (χ0v) is 17.3. The number of benzene rings is 3. The summed E-state index contributed by atoms with van der Waals surface area (Å²) in [6.07, 6.45) is 3.17. The molecule has 0 atom stereocenters. The van der Waals surface area contributed by atoms with Crippen molar-refractivity contribution in [2.75, 3.05) is 19.5 Å². The van der Waals surface area contributed by atoms with Gasteiger partial charge < -0.3 is 19.5 Å². The van der Waals surface area contributed by atoms with Crippen molar-refractivity contribution in [3.8, 4) is 17.2 Å². The fourth-order valence-corrected chi connectivity index (χ4v) is 2.86. The van der Waals surface area contributed by atoms with Gasteiger partial charge in [-0.25, -0.2) is 0 Å². The number of hydrogen-bond acceptors (Lipinski definition) is 4. The summed E-state index contributed by atoms with van der Waals surface area (Å²) in [4.78, 5) is 12.2. The smallest absolute Gasteiger partial charge is 0.248 e. The second kappa shape index (κ2) is 10.2. The number of carbonyl (C=O) groups is 1. The molecule has 0 bridgehead atoms. The maximum atomic E-state index is 12.2. The highest BCUT2D eigenvalue weighted by atomic mass is 16.5. The molecule has 0 radical (unpaired) electrons. The second-order valence-electron chi connectivity index (χ2n) is 6.72. The van der Waals surface area contributed by atoms with E-state index in [1.165, 1.54) is 6.08 Å². The van der Waals surface area contributed by atoms with E-state index in [-0.39, 0.29) is 5.91 Å². The molecule has 30 heavy (non-hydrogen) atoms. The van der Waals surface area contributed by atoms with E-state index in [1.54, 1.807) is 32.4 Å². The van der Waals surface area contributed by atoms with Crippen molar-refractivity contribution in [1.82, 2.24) is 0 Å². The molecule has 154 valence electrons. The molecule has 0 unspecified atom stereocenters. The lowest BCUT2D eigenvalue weighted by atomic mass is 10.1. The minimum absolute atomic E-state index is 0.221. The average molecular weight is 403 g/mol. The fourth-order valence-electron chi connectivity index (χ4n) is 2.86. The number of hydrogen-bond donors (Lipinski definition) is 1. The van der Waals surface area contributed by atoms with Crippen LogP contribution in [0.15, 0.2) is 72.8 Å². The first-order valence-electron chi connectivity index (χ1n) is 9.57. The van der Waals surface area contributed by atoms with Crippen LogP contribution >= 0.6 is 0 Å². The van der Waals surface area contributed by atoms with Gasteiger partial charge in [0.05, 0.1) is 14.2 Å². The van der Waals surface area contributed by atoms with Gasteiger partial charge in [0.25, 0.3) is 0 Å². The molecule has 1 amide bonds. The number of anilines is 1. The van der Waals surface area contributed by atoms with E-state index in [9.17, 15) is 4.79 Å². The monoisotopic (exact) mass is 403 g/mol. The Morgan fingerprint density at radius 1 is 0.933 bits per heavy atom. The van der Waals surface area contributed by atoms with Crippen molar-refractivity contribution in [2.45, 2.75) is 13.5 Å². The molecule has 0 aliphatic heterocycles. The van der Waals surface area contributed by atoms with Crippen LogP contribution in [0, 0.1) is 6.92 Å². The van der Waals surface area contributed by atoms with Gasteiger partial charge in [-0.05, 0) is 48.4 Å². The van der Waals surface area contributed by atoms with Crippen LogP contribution in [0.4, 0.5) is 5.69 Å². The van der Waals surface area contributed by atoms with Crippen molar-refractivity contribution < 1.29 is 19.0 Å². The first-order valence-corrected chi connectivity index (χ1v) is 9.57. The van der Waals surface area contributed by atoms with Crippen molar-refractivity contribution >= 4 is 17.7 Å². The summed E-state index contributed by atoms with van der Waals surface area (Å²) in [6.45, 7) is 2.39.